The molecule has 1 unspecified atom stereocenters. The molecule has 84 valence electrons. The van der Waals surface area contributed by atoms with E-state index in [-0.39, 0.29) is 0 Å². The summed E-state index contributed by atoms with van der Waals surface area (Å²) >= 11 is 0. The topological polar surface area (TPSA) is 16.4 Å². The highest BCUT2D eigenvalue weighted by Gasteiger charge is 2.20. The molecule has 0 radical (unpaired) electrons. The Hall–Kier alpha value is -1.28. The van der Waals surface area contributed by atoms with Crippen molar-refractivity contribution in [2.24, 2.45) is 0 Å². The number of benzene rings is 1. The lowest BCUT2D eigenvalue weighted by molar-refractivity contribution is 0.187. The molecule has 1 saturated heterocycles. The summed E-state index contributed by atoms with van der Waals surface area (Å²) in [5, 5.41) is 1.22. The lowest BCUT2D eigenvalue weighted by Crippen LogP contribution is -2.29. The first kappa shape index (κ1) is 9.91. The lowest BCUT2D eigenvalue weighted by atomic mass is 9.95. The van der Waals surface area contributed by atoms with Crippen LogP contribution < -0.4 is 0 Å². The number of hydrogen-bond donors (Lipinski definition) is 0. The molecular weight excluding hydrogens is 198 g/mol. The number of nitrogens with zero attached hydrogens (tertiary/aromatic N) is 1. The second kappa shape index (κ2) is 3.95. The van der Waals surface area contributed by atoms with Gasteiger partial charge in [-0.25, -0.2) is 0 Å². The maximum atomic E-state index is 5.37. The molecule has 2 heteroatoms. The van der Waals surface area contributed by atoms with Crippen molar-refractivity contribution in [3.63, 3.8) is 0 Å². The monoisotopic (exact) mass is 215 g/mol. The summed E-state index contributed by atoms with van der Waals surface area (Å²) in [7, 11) is 2.23. The van der Waals surface area contributed by atoms with Crippen LogP contribution in [0.15, 0.2) is 34.9 Å². The van der Waals surface area contributed by atoms with Gasteiger partial charge in [0.15, 0.2) is 0 Å². The average molecular weight is 215 g/mol. The highest BCUT2D eigenvalue weighted by Crippen LogP contribution is 2.31. The fraction of sp³-hybridized carbons (Fsp3) is 0.429. The zero-order valence-electron chi connectivity index (χ0n) is 9.65. The molecule has 1 atom stereocenters. The van der Waals surface area contributed by atoms with Crippen molar-refractivity contribution in [2.75, 3.05) is 13.6 Å². The van der Waals surface area contributed by atoms with Gasteiger partial charge in [0.2, 0.25) is 0 Å². The molecule has 2 nitrogen and oxygen atoms in total. The van der Waals surface area contributed by atoms with Crippen LogP contribution in [-0.4, -0.2) is 18.5 Å². The number of furan rings is 1. The predicted molar refractivity (Wildman–Crippen MR) is 65.4 cm³/mol. The standard InChI is InChI=1S/C14H17NO/c1-15-8-3-2-4-13(15)11-5-6-14-12(10-11)7-9-16-14/h5-7,9-10,13H,2-4,8H2,1H3. The van der Waals surface area contributed by atoms with Gasteiger partial charge in [-0.2, -0.15) is 0 Å². The molecule has 1 aromatic heterocycles. The van der Waals surface area contributed by atoms with Crippen molar-refractivity contribution >= 4 is 11.0 Å². The second-order valence-corrected chi connectivity index (χ2v) is 4.71. The zero-order chi connectivity index (χ0) is 11.0. The first-order valence-electron chi connectivity index (χ1n) is 6.02. The van der Waals surface area contributed by atoms with E-state index in [2.05, 4.69) is 30.1 Å². The minimum atomic E-state index is 0.591. The van der Waals surface area contributed by atoms with Gasteiger partial charge in [-0.3, -0.25) is 4.90 Å². The number of likely N-dealkylation sites (tertiary alicyclic amines) is 1. The van der Waals surface area contributed by atoms with Gasteiger partial charge in [-0.05, 0) is 50.2 Å². The summed E-state index contributed by atoms with van der Waals surface area (Å²) in [5.74, 6) is 0. The van der Waals surface area contributed by atoms with Crippen molar-refractivity contribution < 1.29 is 4.42 Å². The van der Waals surface area contributed by atoms with E-state index in [1.165, 1.54) is 36.8 Å². The summed E-state index contributed by atoms with van der Waals surface area (Å²) in [6, 6.07) is 9.20. The smallest absolute Gasteiger partial charge is 0.133 e. The Labute approximate surface area is 95.9 Å². The molecular formula is C14H17NO. The first-order chi connectivity index (χ1) is 7.84. The number of fused-ring (bicyclic) bond motifs is 1. The Morgan fingerprint density at radius 1 is 1.25 bits per heavy atom. The summed E-state index contributed by atoms with van der Waals surface area (Å²) in [6.45, 7) is 1.22. The minimum Gasteiger partial charge on any atom is -0.464 e. The van der Waals surface area contributed by atoms with Gasteiger partial charge in [-0.15, -0.1) is 0 Å². The van der Waals surface area contributed by atoms with E-state index in [4.69, 9.17) is 4.42 Å². The van der Waals surface area contributed by atoms with Gasteiger partial charge in [-0.1, -0.05) is 12.5 Å². The molecule has 0 aliphatic carbocycles. The van der Waals surface area contributed by atoms with Crippen LogP contribution in [0.4, 0.5) is 0 Å². The van der Waals surface area contributed by atoms with Gasteiger partial charge >= 0.3 is 0 Å². The molecule has 2 heterocycles. The summed E-state index contributed by atoms with van der Waals surface area (Å²) < 4.78 is 5.37. The molecule has 2 aromatic rings. The third-order valence-corrected chi connectivity index (χ3v) is 3.63. The van der Waals surface area contributed by atoms with Crippen LogP contribution in [0.25, 0.3) is 11.0 Å². The van der Waals surface area contributed by atoms with Crippen LogP contribution in [0, 0.1) is 0 Å². The minimum absolute atomic E-state index is 0.591. The first-order valence-corrected chi connectivity index (χ1v) is 6.02. The van der Waals surface area contributed by atoms with E-state index >= 15 is 0 Å². The maximum absolute atomic E-state index is 5.37. The summed E-state index contributed by atoms with van der Waals surface area (Å²) in [4.78, 5) is 2.46. The summed E-state index contributed by atoms with van der Waals surface area (Å²) in [6.07, 6.45) is 5.72. The van der Waals surface area contributed by atoms with E-state index in [0.29, 0.717) is 6.04 Å². The van der Waals surface area contributed by atoms with Crippen molar-refractivity contribution in [1.29, 1.82) is 0 Å². The van der Waals surface area contributed by atoms with Crippen LogP contribution in [0.2, 0.25) is 0 Å². The van der Waals surface area contributed by atoms with Crippen LogP contribution in [0.5, 0.6) is 0 Å². The molecule has 0 N–H and O–H groups in total. The number of hydrogen-bond acceptors (Lipinski definition) is 2. The average Bonchev–Trinajstić information content (AvgIpc) is 2.76. The van der Waals surface area contributed by atoms with Crippen molar-refractivity contribution in [1.82, 2.24) is 4.90 Å². The van der Waals surface area contributed by atoms with Crippen molar-refractivity contribution in [3.05, 3.63) is 36.1 Å². The quantitative estimate of drug-likeness (QED) is 0.722. The van der Waals surface area contributed by atoms with Crippen LogP contribution in [-0.2, 0) is 0 Å². The van der Waals surface area contributed by atoms with E-state index in [1.54, 1.807) is 6.26 Å². The largest absolute Gasteiger partial charge is 0.464 e. The van der Waals surface area contributed by atoms with Crippen LogP contribution in [0.3, 0.4) is 0 Å². The second-order valence-electron chi connectivity index (χ2n) is 4.71. The molecule has 0 spiro atoms. The van der Waals surface area contributed by atoms with Gasteiger partial charge < -0.3 is 4.42 Å². The van der Waals surface area contributed by atoms with Crippen molar-refractivity contribution in [2.45, 2.75) is 25.3 Å². The van der Waals surface area contributed by atoms with E-state index in [9.17, 15) is 0 Å². The molecule has 16 heavy (non-hydrogen) atoms. The maximum Gasteiger partial charge on any atom is 0.133 e. The van der Waals surface area contributed by atoms with Gasteiger partial charge in [0.25, 0.3) is 0 Å². The van der Waals surface area contributed by atoms with Gasteiger partial charge in [0, 0.05) is 11.4 Å². The van der Waals surface area contributed by atoms with E-state index in [1.807, 2.05) is 6.07 Å². The molecule has 1 aromatic carbocycles. The number of rotatable bonds is 1. The Morgan fingerprint density at radius 2 is 2.19 bits per heavy atom. The van der Waals surface area contributed by atoms with Crippen LogP contribution in [0.1, 0.15) is 30.9 Å². The third-order valence-electron chi connectivity index (χ3n) is 3.63. The SMILES string of the molecule is CN1CCCCC1c1ccc2occc2c1. The highest BCUT2D eigenvalue weighted by molar-refractivity contribution is 5.77. The third kappa shape index (κ3) is 1.63. The molecule has 0 amide bonds. The van der Waals surface area contributed by atoms with E-state index in [0.717, 1.165) is 5.58 Å². The molecule has 3 rings (SSSR count). The fourth-order valence-electron chi connectivity index (χ4n) is 2.69. The highest BCUT2D eigenvalue weighted by atomic mass is 16.3. The van der Waals surface area contributed by atoms with Crippen LogP contribution >= 0.6 is 0 Å². The molecule has 0 saturated carbocycles. The van der Waals surface area contributed by atoms with Gasteiger partial charge in [0.05, 0.1) is 6.26 Å². The lowest BCUT2D eigenvalue weighted by Gasteiger charge is -2.32. The summed E-state index contributed by atoms with van der Waals surface area (Å²) in [5.41, 5.74) is 2.42. The fourth-order valence-corrected chi connectivity index (χ4v) is 2.69. The Bertz CT molecular complexity index is 488. The normalized spacial score (nSPS) is 22.7. The molecule has 1 aliphatic heterocycles. The Kier molecular flexibility index (Phi) is 2.44. The molecule has 0 bridgehead atoms. The Morgan fingerprint density at radius 3 is 3.06 bits per heavy atom. The molecule has 1 fully saturated rings. The predicted octanol–water partition coefficient (Wildman–Crippen LogP) is 3.59. The molecule has 1 aliphatic rings. The van der Waals surface area contributed by atoms with Gasteiger partial charge in [0.1, 0.15) is 5.58 Å². The van der Waals surface area contributed by atoms with E-state index < -0.39 is 0 Å². The number of piperidine rings is 1. The zero-order valence-corrected chi connectivity index (χ0v) is 9.65. The van der Waals surface area contributed by atoms with Crippen molar-refractivity contribution in [3.8, 4) is 0 Å². The Balaban J connectivity index is 1.97.